The molecule has 0 aliphatic rings. The number of benzene rings is 1. The van der Waals surface area contributed by atoms with Crippen LogP contribution in [0.5, 0.6) is 0 Å². The zero-order valence-electron chi connectivity index (χ0n) is 12.1. The van der Waals surface area contributed by atoms with Gasteiger partial charge in [-0.05, 0) is 17.9 Å². The second-order valence-corrected chi connectivity index (χ2v) is 5.58. The van der Waals surface area contributed by atoms with Crippen LogP contribution in [0, 0.1) is 11.3 Å². The third-order valence-electron chi connectivity index (χ3n) is 2.56. The van der Waals surface area contributed by atoms with Crippen molar-refractivity contribution < 1.29 is 4.79 Å². The van der Waals surface area contributed by atoms with Gasteiger partial charge in [0.05, 0.1) is 11.3 Å². The van der Waals surface area contributed by atoms with Crippen LogP contribution in [0.1, 0.15) is 12.5 Å². The van der Waals surface area contributed by atoms with Gasteiger partial charge in [-0.25, -0.2) is 4.79 Å². The molecule has 1 aromatic rings. The van der Waals surface area contributed by atoms with E-state index < -0.39 is 0 Å². The molecular formula is C14H20N4OS. The van der Waals surface area contributed by atoms with Crippen molar-refractivity contribution in [2.45, 2.75) is 11.8 Å². The fourth-order valence-electron chi connectivity index (χ4n) is 1.59. The first-order valence-corrected chi connectivity index (χ1v) is 7.43. The Kier molecular flexibility index (Phi) is 6.74. The molecule has 0 radical (unpaired) electrons. The number of nitrogens with zero attached hydrogens (tertiary/aromatic N) is 2. The first-order valence-electron chi connectivity index (χ1n) is 6.45. The molecule has 6 heteroatoms. The van der Waals surface area contributed by atoms with E-state index in [-0.39, 0.29) is 6.03 Å². The molecular weight excluding hydrogens is 272 g/mol. The summed E-state index contributed by atoms with van der Waals surface area (Å²) in [5.74, 6) is 0.928. The highest BCUT2D eigenvalue weighted by atomic mass is 32.2. The summed E-state index contributed by atoms with van der Waals surface area (Å²) < 4.78 is 0. The summed E-state index contributed by atoms with van der Waals surface area (Å²) in [6, 6.07) is 7.88. The van der Waals surface area contributed by atoms with E-state index in [9.17, 15) is 10.1 Å². The Hall–Kier alpha value is -1.87. The van der Waals surface area contributed by atoms with Crippen LogP contribution in [0.2, 0.25) is 0 Å². The quantitative estimate of drug-likeness (QED) is 0.624. The number of rotatable bonds is 6. The monoisotopic (exact) mass is 292 g/mol. The van der Waals surface area contributed by atoms with Gasteiger partial charge < -0.3 is 15.5 Å². The fraction of sp³-hybridized carbons (Fsp3) is 0.429. The van der Waals surface area contributed by atoms with Gasteiger partial charge in [0, 0.05) is 32.1 Å². The molecule has 0 spiro atoms. The molecule has 2 N–H and O–H groups in total. The number of hydrogen-bond donors (Lipinski definition) is 2. The molecule has 0 fully saturated rings. The standard InChI is InChI=1S/C14H20N4OS/c1-4-20-13-7-5-6-12(11(13)10-15)16-8-9-17-14(19)18(2)3/h5-7,16H,4,8-9H2,1-3H3,(H,17,19). The summed E-state index contributed by atoms with van der Waals surface area (Å²) in [5, 5.41) is 15.2. The maximum absolute atomic E-state index is 11.3. The van der Waals surface area contributed by atoms with Crippen LogP contribution in [-0.2, 0) is 0 Å². The Balaban J connectivity index is 2.58. The van der Waals surface area contributed by atoms with E-state index in [1.807, 2.05) is 18.2 Å². The Morgan fingerprint density at radius 2 is 2.15 bits per heavy atom. The first kappa shape index (κ1) is 16.2. The van der Waals surface area contributed by atoms with E-state index >= 15 is 0 Å². The summed E-state index contributed by atoms with van der Waals surface area (Å²) >= 11 is 1.65. The SMILES string of the molecule is CCSc1cccc(NCCNC(=O)N(C)C)c1C#N. The van der Waals surface area contributed by atoms with Gasteiger partial charge in [0.1, 0.15) is 6.07 Å². The van der Waals surface area contributed by atoms with Crippen molar-refractivity contribution in [3.63, 3.8) is 0 Å². The Bertz CT molecular complexity index is 496. The van der Waals surface area contributed by atoms with Crippen LogP contribution in [0.3, 0.4) is 0 Å². The molecule has 2 amide bonds. The van der Waals surface area contributed by atoms with Crippen LogP contribution < -0.4 is 10.6 Å². The maximum Gasteiger partial charge on any atom is 0.316 e. The van der Waals surface area contributed by atoms with Gasteiger partial charge in [-0.15, -0.1) is 11.8 Å². The molecule has 1 aromatic carbocycles. The van der Waals surface area contributed by atoms with Crippen LogP contribution in [0.4, 0.5) is 10.5 Å². The van der Waals surface area contributed by atoms with Gasteiger partial charge in [-0.1, -0.05) is 13.0 Å². The molecule has 0 heterocycles. The van der Waals surface area contributed by atoms with Crippen molar-refractivity contribution in [3.05, 3.63) is 23.8 Å². The minimum absolute atomic E-state index is 0.123. The molecule has 0 atom stereocenters. The summed E-state index contributed by atoms with van der Waals surface area (Å²) in [7, 11) is 3.39. The molecule has 0 aliphatic heterocycles. The van der Waals surface area contributed by atoms with Crippen molar-refractivity contribution in [1.29, 1.82) is 5.26 Å². The molecule has 1 rings (SSSR count). The topological polar surface area (TPSA) is 68.2 Å². The van der Waals surface area contributed by atoms with Gasteiger partial charge in [-0.2, -0.15) is 5.26 Å². The van der Waals surface area contributed by atoms with Crippen molar-refractivity contribution in [2.75, 3.05) is 38.3 Å². The normalized spacial score (nSPS) is 9.70. The first-order chi connectivity index (χ1) is 9.60. The molecule has 5 nitrogen and oxygen atoms in total. The molecule has 0 aromatic heterocycles. The highest BCUT2D eigenvalue weighted by molar-refractivity contribution is 7.99. The second-order valence-electron chi connectivity index (χ2n) is 4.28. The highest BCUT2D eigenvalue weighted by Gasteiger charge is 2.07. The lowest BCUT2D eigenvalue weighted by Crippen LogP contribution is -2.37. The predicted molar refractivity (Wildman–Crippen MR) is 83.1 cm³/mol. The van der Waals surface area contributed by atoms with E-state index in [0.717, 1.165) is 16.3 Å². The van der Waals surface area contributed by atoms with Crippen molar-refractivity contribution in [2.24, 2.45) is 0 Å². The van der Waals surface area contributed by atoms with E-state index in [4.69, 9.17) is 0 Å². The van der Waals surface area contributed by atoms with Crippen LogP contribution >= 0.6 is 11.8 Å². The smallest absolute Gasteiger partial charge is 0.316 e. The van der Waals surface area contributed by atoms with Crippen molar-refractivity contribution in [1.82, 2.24) is 10.2 Å². The maximum atomic E-state index is 11.3. The van der Waals surface area contributed by atoms with Crippen LogP contribution in [-0.4, -0.2) is 43.9 Å². The molecule has 0 aliphatic carbocycles. The number of urea groups is 1. The number of anilines is 1. The predicted octanol–water partition coefficient (Wildman–Crippen LogP) is 2.35. The summed E-state index contributed by atoms with van der Waals surface area (Å²) in [5.41, 5.74) is 1.48. The molecule has 0 saturated heterocycles. The summed E-state index contributed by atoms with van der Waals surface area (Å²) in [4.78, 5) is 13.8. The van der Waals surface area contributed by atoms with Gasteiger partial charge in [0.25, 0.3) is 0 Å². The lowest BCUT2D eigenvalue weighted by Gasteiger charge is -2.14. The number of amides is 2. The number of carbonyl (C=O) groups is 1. The summed E-state index contributed by atoms with van der Waals surface area (Å²) in [6.07, 6.45) is 0. The van der Waals surface area contributed by atoms with Gasteiger partial charge in [-0.3, -0.25) is 0 Å². The zero-order valence-corrected chi connectivity index (χ0v) is 12.9. The number of nitriles is 1. The largest absolute Gasteiger partial charge is 0.382 e. The molecule has 0 saturated carbocycles. The van der Waals surface area contributed by atoms with E-state index in [1.54, 1.807) is 25.9 Å². The molecule has 0 unspecified atom stereocenters. The lowest BCUT2D eigenvalue weighted by molar-refractivity contribution is 0.218. The highest BCUT2D eigenvalue weighted by Crippen LogP contribution is 2.27. The van der Waals surface area contributed by atoms with Gasteiger partial charge >= 0.3 is 6.03 Å². The lowest BCUT2D eigenvalue weighted by atomic mass is 10.2. The van der Waals surface area contributed by atoms with E-state index in [2.05, 4.69) is 23.6 Å². The summed E-state index contributed by atoms with van der Waals surface area (Å²) in [6.45, 7) is 3.14. The molecule has 108 valence electrons. The second kappa shape index (κ2) is 8.33. The van der Waals surface area contributed by atoms with E-state index in [1.165, 1.54) is 4.90 Å². The van der Waals surface area contributed by atoms with Gasteiger partial charge in [0.2, 0.25) is 0 Å². The third-order valence-corrected chi connectivity index (χ3v) is 3.50. The Morgan fingerprint density at radius 3 is 2.75 bits per heavy atom. The molecule has 20 heavy (non-hydrogen) atoms. The molecule has 0 bridgehead atoms. The minimum Gasteiger partial charge on any atom is -0.382 e. The number of nitrogens with one attached hydrogen (secondary N) is 2. The fourth-order valence-corrected chi connectivity index (χ4v) is 2.38. The van der Waals surface area contributed by atoms with Crippen LogP contribution in [0.25, 0.3) is 0 Å². The number of hydrogen-bond acceptors (Lipinski definition) is 4. The minimum atomic E-state index is -0.123. The van der Waals surface area contributed by atoms with Crippen LogP contribution in [0.15, 0.2) is 23.1 Å². The average molecular weight is 292 g/mol. The number of thioether (sulfide) groups is 1. The Morgan fingerprint density at radius 1 is 1.40 bits per heavy atom. The zero-order chi connectivity index (χ0) is 15.0. The third kappa shape index (κ3) is 4.67. The van der Waals surface area contributed by atoms with Crippen molar-refractivity contribution in [3.8, 4) is 6.07 Å². The van der Waals surface area contributed by atoms with Gasteiger partial charge in [0.15, 0.2) is 0 Å². The average Bonchev–Trinajstić information content (AvgIpc) is 2.43. The van der Waals surface area contributed by atoms with E-state index in [0.29, 0.717) is 18.7 Å². The van der Waals surface area contributed by atoms with Crippen molar-refractivity contribution >= 4 is 23.5 Å². The Labute approximate surface area is 124 Å². The number of carbonyl (C=O) groups excluding carboxylic acids is 1.